The Morgan fingerprint density at radius 2 is 1.53 bits per heavy atom. The maximum absolute atomic E-state index is 15.3. The molecular weight excluding hydrogens is 806 g/mol. The molecule has 0 aliphatic carbocycles. The molecule has 59 heavy (non-hydrogen) atoms. The number of alkyl halides is 1. The fourth-order valence-corrected chi connectivity index (χ4v) is 6.63. The third-order valence-electron chi connectivity index (χ3n) is 8.97. The van der Waals surface area contributed by atoms with Crippen LogP contribution >= 0.6 is 7.82 Å². The van der Waals surface area contributed by atoms with Crippen LogP contribution in [0.4, 0.5) is 9.18 Å². The Hall–Kier alpha value is -4.34. The van der Waals surface area contributed by atoms with Gasteiger partial charge in [-0.2, -0.15) is 0 Å². The number of aliphatic hydroxyl groups is 1. The number of phosphoric acid groups is 1. The first kappa shape index (κ1) is 49.0. The minimum atomic E-state index is -4.96. The van der Waals surface area contributed by atoms with E-state index >= 15 is 4.39 Å². The lowest BCUT2D eigenvalue weighted by molar-refractivity contribution is -0.174. The van der Waals surface area contributed by atoms with E-state index in [1.807, 2.05) is 0 Å². The van der Waals surface area contributed by atoms with Gasteiger partial charge in [0.2, 0.25) is 13.6 Å². The van der Waals surface area contributed by atoms with Gasteiger partial charge >= 0.3 is 37.7 Å². The molecule has 1 saturated heterocycles. The lowest BCUT2D eigenvalue weighted by Crippen LogP contribution is -2.61. The Balaban J connectivity index is 1.83. The van der Waals surface area contributed by atoms with Crippen LogP contribution in [0.3, 0.4) is 0 Å². The van der Waals surface area contributed by atoms with E-state index in [4.69, 9.17) is 43.0 Å². The molecule has 2 aliphatic rings. The molecule has 0 aromatic heterocycles. The van der Waals surface area contributed by atoms with Crippen molar-refractivity contribution in [3.05, 3.63) is 48.2 Å². The fourth-order valence-electron chi connectivity index (χ4n) is 5.66. The van der Waals surface area contributed by atoms with Gasteiger partial charge in [-0.1, -0.05) is 71.9 Å². The van der Waals surface area contributed by atoms with Gasteiger partial charge in [0.15, 0.2) is 30.4 Å². The van der Waals surface area contributed by atoms with Gasteiger partial charge in [-0.05, 0) is 18.9 Å². The van der Waals surface area contributed by atoms with Crippen molar-refractivity contribution >= 4 is 43.5 Å². The third kappa shape index (κ3) is 12.8. The Morgan fingerprint density at radius 1 is 0.949 bits per heavy atom. The highest BCUT2D eigenvalue weighted by Gasteiger charge is 2.67. The average Bonchev–Trinajstić information content (AvgIpc) is 3.38. The van der Waals surface area contributed by atoms with Crippen molar-refractivity contribution in [2.75, 3.05) is 40.1 Å². The van der Waals surface area contributed by atoms with Gasteiger partial charge < -0.3 is 34.5 Å². The summed E-state index contributed by atoms with van der Waals surface area (Å²) in [6, 6.07) is 6.43. The minimum Gasteiger partial charge on any atom is -0.456 e. The number of ether oxygens (including phenoxy) is 5. The summed E-state index contributed by atoms with van der Waals surface area (Å²) >= 11 is 0. The van der Waals surface area contributed by atoms with Crippen LogP contribution in [-0.2, 0) is 61.0 Å². The van der Waals surface area contributed by atoms with E-state index in [-0.39, 0.29) is 18.2 Å². The number of benzene rings is 1. The molecule has 2 amide bonds. The molecule has 1 aromatic carbocycles. The van der Waals surface area contributed by atoms with Crippen LogP contribution in [0.15, 0.2) is 42.6 Å². The Kier molecular flexibility index (Phi) is 17.7. The van der Waals surface area contributed by atoms with Crippen molar-refractivity contribution in [1.29, 1.82) is 0 Å². The van der Waals surface area contributed by atoms with Gasteiger partial charge in [0, 0.05) is 18.7 Å². The maximum atomic E-state index is 15.3. The highest BCUT2D eigenvalue weighted by Crippen LogP contribution is 2.52. The number of hydrogen-bond donors (Lipinski definition) is 3. The Morgan fingerprint density at radius 3 is 2.03 bits per heavy atom. The number of phosphoric ester groups is 1. The zero-order valence-corrected chi connectivity index (χ0v) is 35.1. The highest BCUT2D eigenvalue weighted by molar-refractivity contribution is 7.48. The van der Waals surface area contributed by atoms with Crippen molar-refractivity contribution in [1.82, 2.24) is 15.1 Å². The predicted molar refractivity (Wildman–Crippen MR) is 202 cm³/mol. The van der Waals surface area contributed by atoms with Crippen molar-refractivity contribution in [2.45, 2.75) is 91.1 Å². The number of hydrogen-bond acceptors (Lipinski definition) is 18. The molecule has 2 unspecified atom stereocenters. The smallest absolute Gasteiger partial charge is 0.456 e. The second-order valence-electron chi connectivity index (χ2n) is 14.8. The second kappa shape index (κ2) is 21.3. The number of carbonyl (C=O) groups is 6. The van der Waals surface area contributed by atoms with E-state index in [2.05, 4.69) is 5.32 Å². The lowest BCUT2D eigenvalue weighted by Gasteiger charge is -2.40. The number of nitrogens with one attached hydrogen (secondary N) is 1. The molecule has 22 heteroatoms. The van der Waals surface area contributed by atoms with Gasteiger partial charge in [0.1, 0.15) is 24.5 Å². The number of rotatable bonds is 22. The topological polar surface area (TPSA) is 258 Å². The Bertz CT molecular complexity index is 1700. The van der Waals surface area contributed by atoms with Crippen molar-refractivity contribution < 1.29 is 80.1 Å². The molecule has 0 bridgehead atoms. The maximum Gasteiger partial charge on any atom is 0.480 e. The van der Waals surface area contributed by atoms with Gasteiger partial charge in [0.25, 0.3) is 0 Å². The number of nitrogens with zero attached hydrogens (tertiary/aromatic N) is 2. The molecule has 1 fully saturated rings. The van der Waals surface area contributed by atoms with E-state index in [0.29, 0.717) is 5.56 Å². The molecule has 1 aromatic rings. The average molecular weight is 861 g/mol. The molecule has 0 spiro atoms. The molecule has 20 nitrogen and oxygen atoms in total. The Labute approximate surface area is 341 Å². The van der Waals surface area contributed by atoms with E-state index in [1.54, 1.807) is 44.2 Å². The molecule has 330 valence electrons. The van der Waals surface area contributed by atoms with E-state index in [9.17, 15) is 38.4 Å². The minimum absolute atomic E-state index is 0.191. The first-order valence-corrected chi connectivity index (χ1v) is 20.1. The number of urea groups is 1. The zero-order valence-electron chi connectivity index (χ0n) is 34.2. The van der Waals surface area contributed by atoms with Gasteiger partial charge in [0.05, 0.1) is 25.0 Å². The van der Waals surface area contributed by atoms with E-state index < -0.39 is 119 Å². The van der Waals surface area contributed by atoms with Crippen molar-refractivity contribution in [2.24, 2.45) is 23.5 Å². The number of halogens is 1. The summed E-state index contributed by atoms with van der Waals surface area (Å²) in [6.07, 6.45) is -2.66. The first-order chi connectivity index (χ1) is 27.6. The highest BCUT2D eigenvalue weighted by atomic mass is 31.2. The van der Waals surface area contributed by atoms with E-state index in [0.717, 1.165) is 29.8 Å². The standard InChI is InChI=1S/C37H54FN4O16P/c1-22(2)29(40-16-27(44)26-12-10-9-11-13-26)32(47)51-19-42-28(39)14-15-41(35(42)48)34-36(8,49)33(57-25(7)43)37(17-38,58-34)18-54-59(50,55-20-52-30(45)23(3)4)56-21-53-31(46)24(5)6/h9-15,22-24,28-29,33-34,40,49H,16-21,39H2,1-8H3/t28?,29?,33-,34+,36+,37+/m0/s1. The van der Waals surface area contributed by atoms with Crippen LogP contribution in [0.5, 0.6) is 0 Å². The van der Waals surface area contributed by atoms with Gasteiger partial charge in [-0.15, -0.1) is 0 Å². The number of carbonyl (C=O) groups excluding carboxylic acids is 6. The molecule has 4 N–H and O–H groups in total. The quantitative estimate of drug-likeness (QED) is 0.0498. The predicted octanol–water partition coefficient (Wildman–Crippen LogP) is 2.74. The first-order valence-electron chi connectivity index (χ1n) is 18.6. The summed E-state index contributed by atoms with van der Waals surface area (Å²) < 4.78 is 71.2. The molecular formula is C37H54FN4O16P. The number of nitrogens with two attached hydrogens (primary N) is 1. The van der Waals surface area contributed by atoms with Crippen LogP contribution in [0, 0.1) is 17.8 Å². The SMILES string of the molecule is CC(=O)O[C@@H]1[C@@](CF)(COP(=O)(OCOC(=O)C(C)C)OCOC(=O)C(C)C)O[C@@H](N2C=CC(N)N(COC(=O)C(NCC(=O)c3ccccc3)C(C)C)C2=O)[C@]1(C)O. The van der Waals surface area contributed by atoms with Crippen LogP contribution in [-0.4, -0.2) is 126 Å². The number of amides is 2. The second-order valence-corrected chi connectivity index (χ2v) is 16.5. The molecule has 0 radical (unpaired) electrons. The van der Waals surface area contributed by atoms with Crippen molar-refractivity contribution in [3.63, 3.8) is 0 Å². The molecule has 2 heterocycles. The van der Waals surface area contributed by atoms with Crippen molar-refractivity contribution in [3.8, 4) is 0 Å². The lowest BCUT2D eigenvalue weighted by atomic mass is 9.88. The summed E-state index contributed by atoms with van der Waals surface area (Å²) in [5.41, 5.74) is 1.61. The third-order valence-corrected chi connectivity index (χ3v) is 10.3. The summed E-state index contributed by atoms with van der Waals surface area (Å²) in [7, 11) is -4.96. The van der Waals surface area contributed by atoms with Crippen LogP contribution in [0.25, 0.3) is 0 Å². The summed E-state index contributed by atoms with van der Waals surface area (Å²) in [5, 5.41) is 14.7. The molecule has 0 saturated carbocycles. The summed E-state index contributed by atoms with van der Waals surface area (Å²) in [4.78, 5) is 77.8. The summed E-state index contributed by atoms with van der Waals surface area (Å²) in [6.45, 7) is 5.85. The molecule has 2 aliphatic heterocycles. The number of esters is 4. The van der Waals surface area contributed by atoms with E-state index in [1.165, 1.54) is 33.8 Å². The van der Waals surface area contributed by atoms with Crippen LogP contribution in [0.2, 0.25) is 0 Å². The fraction of sp³-hybridized carbons (Fsp3) is 0.622. The van der Waals surface area contributed by atoms with Gasteiger partial charge in [-0.25, -0.2) is 22.8 Å². The summed E-state index contributed by atoms with van der Waals surface area (Å²) in [5.74, 6) is -5.22. The van der Waals surface area contributed by atoms with Crippen LogP contribution in [0.1, 0.15) is 65.7 Å². The normalized spacial score (nSPS) is 23.8. The molecule has 6 atom stereocenters. The molecule has 3 rings (SSSR count). The van der Waals surface area contributed by atoms with Crippen LogP contribution < -0.4 is 11.1 Å². The number of Topliss-reactive ketones (excluding diaryl/α,β-unsaturated/α-hetero) is 1. The zero-order chi connectivity index (χ0) is 44.3. The monoisotopic (exact) mass is 860 g/mol. The number of ketones is 1. The largest absolute Gasteiger partial charge is 0.480 e. The van der Waals surface area contributed by atoms with Gasteiger partial charge in [-0.3, -0.25) is 43.6 Å².